The van der Waals surface area contributed by atoms with Crippen molar-refractivity contribution >= 4 is 32.5 Å². The van der Waals surface area contributed by atoms with Gasteiger partial charge in [-0.2, -0.15) is 0 Å². The van der Waals surface area contributed by atoms with E-state index in [1.54, 1.807) is 0 Å². The Morgan fingerprint density at radius 2 is 1.80 bits per heavy atom. The quantitative estimate of drug-likeness (QED) is 0.458. The van der Waals surface area contributed by atoms with Crippen molar-refractivity contribution in [2.24, 2.45) is 0 Å². The number of nitrogens with one attached hydrogen (secondary N) is 2. The number of pyridine rings is 1. The van der Waals surface area contributed by atoms with Crippen molar-refractivity contribution in [1.29, 1.82) is 0 Å². The molecule has 4 heteroatoms. The number of anilines is 1. The van der Waals surface area contributed by atoms with Crippen LogP contribution >= 0.6 is 15.9 Å². The van der Waals surface area contributed by atoms with Gasteiger partial charge in [-0.1, -0.05) is 40.2 Å². The number of nitrogens with zero attached hydrogens (tertiary/aromatic N) is 1. The fraction of sp³-hybridized carbons (Fsp3) is 0.0952. The van der Waals surface area contributed by atoms with Crippen molar-refractivity contribution in [2.45, 2.75) is 13.0 Å². The van der Waals surface area contributed by atoms with Gasteiger partial charge >= 0.3 is 0 Å². The lowest BCUT2D eigenvalue weighted by Gasteiger charge is -2.21. The zero-order chi connectivity index (χ0) is 17.2. The van der Waals surface area contributed by atoms with Gasteiger partial charge in [-0.05, 0) is 48.9 Å². The Hall–Kier alpha value is -2.59. The number of benzene rings is 2. The van der Waals surface area contributed by atoms with E-state index < -0.39 is 0 Å². The molecule has 25 heavy (non-hydrogen) atoms. The number of hydrogen-bond donors (Lipinski definition) is 2. The summed E-state index contributed by atoms with van der Waals surface area (Å²) >= 11 is 3.50. The molecule has 4 aromatic rings. The van der Waals surface area contributed by atoms with Crippen molar-refractivity contribution in [3.8, 4) is 0 Å². The smallest absolute Gasteiger partial charge is 0.0805 e. The maximum Gasteiger partial charge on any atom is 0.0805 e. The van der Waals surface area contributed by atoms with Crippen molar-refractivity contribution in [1.82, 2.24) is 9.97 Å². The Kier molecular flexibility index (Phi) is 4.28. The second-order valence-electron chi connectivity index (χ2n) is 6.08. The predicted octanol–water partition coefficient (Wildman–Crippen LogP) is 5.84. The number of hydrogen-bond acceptors (Lipinski definition) is 2. The number of aryl methyl sites for hydroxylation is 1. The van der Waals surface area contributed by atoms with Crippen LogP contribution in [0.15, 0.2) is 77.5 Å². The van der Waals surface area contributed by atoms with Crippen LogP contribution in [-0.4, -0.2) is 9.97 Å². The standard InChI is InChI=1S/C21H18BrN3/c1-14-20(18-6-2-3-7-19(18)24-14)21(15-5-4-12-23-13-15)25-17-10-8-16(22)9-11-17/h2-13,21,24-25H,1H3. The fourth-order valence-corrected chi connectivity index (χ4v) is 3.52. The summed E-state index contributed by atoms with van der Waals surface area (Å²) in [6, 6.07) is 20.8. The largest absolute Gasteiger partial charge is 0.374 e. The van der Waals surface area contributed by atoms with Gasteiger partial charge in [0.15, 0.2) is 0 Å². The van der Waals surface area contributed by atoms with E-state index in [1.807, 2.05) is 30.6 Å². The molecule has 0 bridgehead atoms. The maximum atomic E-state index is 4.32. The van der Waals surface area contributed by atoms with Crippen LogP contribution in [0.1, 0.15) is 22.9 Å². The van der Waals surface area contributed by atoms with E-state index in [1.165, 1.54) is 16.6 Å². The molecule has 1 atom stereocenters. The number of rotatable bonds is 4. The van der Waals surface area contributed by atoms with Crippen LogP contribution in [0.2, 0.25) is 0 Å². The van der Waals surface area contributed by atoms with E-state index >= 15 is 0 Å². The number of para-hydroxylation sites is 1. The van der Waals surface area contributed by atoms with E-state index in [9.17, 15) is 0 Å². The van der Waals surface area contributed by atoms with Gasteiger partial charge in [-0.25, -0.2) is 0 Å². The lowest BCUT2D eigenvalue weighted by Crippen LogP contribution is -2.13. The molecule has 124 valence electrons. The molecule has 3 nitrogen and oxygen atoms in total. The van der Waals surface area contributed by atoms with Gasteiger partial charge in [0.2, 0.25) is 0 Å². The first-order valence-corrected chi connectivity index (χ1v) is 9.01. The first kappa shape index (κ1) is 15.9. The Bertz CT molecular complexity index is 991. The summed E-state index contributed by atoms with van der Waals surface area (Å²) in [4.78, 5) is 7.83. The van der Waals surface area contributed by atoms with Crippen LogP contribution in [-0.2, 0) is 0 Å². The highest BCUT2D eigenvalue weighted by molar-refractivity contribution is 9.10. The summed E-state index contributed by atoms with van der Waals surface area (Å²) in [5, 5.41) is 4.91. The van der Waals surface area contributed by atoms with Gasteiger partial charge in [0, 0.05) is 44.7 Å². The van der Waals surface area contributed by atoms with Crippen LogP contribution in [0.5, 0.6) is 0 Å². The van der Waals surface area contributed by atoms with E-state index in [4.69, 9.17) is 0 Å². The molecule has 0 amide bonds. The molecule has 0 spiro atoms. The molecule has 0 fully saturated rings. The SMILES string of the molecule is Cc1[nH]c2ccccc2c1C(Nc1ccc(Br)cc1)c1cccnc1. The number of aromatic nitrogens is 2. The third-order valence-electron chi connectivity index (χ3n) is 4.41. The highest BCUT2D eigenvalue weighted by Gasteiger charge is 2.21. The minimum absolute atomic E-state index is 0.0195. The monoisotopic (exact) mass is 391 g/mol. The van der Waals surface area contributed by atoms with Gasteiger partial charge in [0.1, 0.15) is 0 Å². The Morgan fingerprint density at radius 3 is 2.56 bits per heavy atom. The molecule has 0 aliphatic rings. The van der Waals surface area contributed by atoms with Crippen LogP contribution in [0.25, 0.3) is 10.9 Å². The number of halogens is 1. The first-order chi connectivity index (χ1) is 12.2. The molecule has 2 aromatic heterocycles. The Labute approximate surface area is 155 Å². The van der Waals surface area contributed by atoms with Gasteiger partial charge in [0.25, 0.3) is 0 Å². The molecule has 2 N–H and O–H groups in total. The summed E-state index contributed by atoms with van der Waals surface area (Å²) in [6.07, 6.45) is 3.74. The summed E-state index contributed by atoms with van der Waals surface area (Å²) in [7, 11) is 0. The van der Waals surface area contributed by atoms with Crippen molar-refractivity contribution < 1.29 is 0 Å². The predicted molar refractivity (Wildman–Crippen MR) is 107 cm³/mol. The Morgan fingerprint density at radius 1 is 1.00 bits per heavy atom. The third-order valence-corrected chi connectivity index (χ3v) is 4.93. The molecule has 4 rings (SSSR count). The average Bonchev–Trinajstić information content (AvgIpc) is 2.98. The molecule has 0 radical (unpaired) electrons. The molecular formula is C21H18BrN3. The molecule has 1 unspecified atom stereocenters. The van der Waals surface area contributed by atoms with Gasteiger partial charge in [0.05, 0.1) is 6.04 Å². The van der Waals surface area contributed by atoms with E-state index in [-0.39, 0.29) is 6.04 Å². The lowest BCUT2D eigenvalue weighted by molar-refractivity contribution is 0.922. The van der Waals surface area contributed by atoms with Crippen molar-refractivity contribution in [3.63, 3.8) is 0 Å². The average molecular weight is 392 g/mol. The second-order valence-corrected chi connectivity index (χ2v) is 7.00. The van der Waals surface area contributed by atoms with Gasteiger partial charge in [-0.3, -0.25) is 4.98 Å². The zero-order valence-electron chi connectivity index (χ0n) is 13.8. The number of fused-ring (bicyclic) bond motifs is 1. The minimum Gasteiger partial charge on any atom is -0.374 e. The molecule has 2 heterocycles. The Balaban J connectivity index is 1.85. The van der Waals surface area contributed by atoms with Crippen LogP contribution in [0, 0.1) is 6.92 Å². The lowest BCUT2D eigenvalue weighted by atomic mass is 9.97. The topological polar surface area (TPSA) is 40.7 Å². The molecule has 0 saturated carbocycles. The van der Waals surface area contributed by atoms with Crippen LogP contribution < -0.4 is 5.32 Å². The summed E-state index contributed by atoms with van der Waals surface area (Å²) in [5.41, 5.74) is 5.78. The summed E-state index contributed by atoms with van der Waals surface area (Å²) < 4.78 is 1.07. The highest BCUT2D eigenvalue weighted by Crippen LogP contribution is 2.34. The van der Waals surface area contributed by atoms with Crippen molar-refractivity contribution in [3.05, 3.63) is 94.4 Å². The molecule has 0 aliphatic heterocycles. The van der Waals surface area contributed by atoms with E-state index in [0.29, 0.717) is 0 Å². The molecular weight excluding hydrogens is 374 g/mol. The van der Waals surface area contributed by atoms with Crippen LogP contribution in [0.4, 0.5) is 5.69 Å². The summed E-state index contributed by atoms with van der Waals surface area (Å²) in [5.74, 6) is 0. The number of aromatic amines is 1. The third kappa shape index (κ3) is 3.17. The van der Waals surface area contributed by atoms with Gasteiger partial charge < -0.3 is 10.3 Å². The minimum atomic E-state index is 0.0195. The molecule has 0 saturated heterocycles. The molecule has 2 aromatic carbocycles. The number of H-pyrrole nitrogens is 1. The van der Waals surface area contributed by atoms with E-state index in [0.717, 1.165) is 21.2 Å². The zero-order valence-corrected chi connectivity index (χ0v) is 15.4. The second kappa shape index (κ2) is 6.73. The first-order valence-electron chi connectivity index (χ1n) is 8.21. The maximum absolute atomic E-state index is 4.32. The van der Waals surface area contributed by atoms with Gasteiger partial charge in [-0.15, -0.1) is 0 Å². The summed E-state index contributed by atoms with van der Waals surface area (Å²) in [6.45, 7) is 2.13. The normalized spacial score (nSPS) is 12.2. The van der Waals surface area contributed by atoms with Crippen LogP contribution in [0.3, 0.4) is 0 Å². The van der Waals surface area contributed by atoms with E-state index in [2.05, 4.69) is 80.6 Å². The fourth-order valence-electron chi connectivity index (χ4n) is 3.25. The molecule has 0 aliphatic carbocycles. The highest BCUT2D eigenvalue weighted by atomic mass is 79.9. The van der Waals surface area contributed by atoms with Crippen molar-refractivity contribution in [2.75, 3.05) is 5.32 Å².